The van der Waals surface area contributed by atoms with Crippen LogP contribution in [0.25, 0.3) is 0 Å². The van der Waals surface area contributed by atoms with Crippen LogP contribution in [0.1, 0.15) is 5.56 Å². The smallest absolute Gasteiger partial charge is 0.497 e. The first-order valence-electron chi connectivity index (χ1n) is 5.78. The second-order valence-electron chi connectivity index (χ2n) is 3.94. The Morgan fingerprint density at radius 3 is 1.68 bits per heavy atom. The first-order valence-corrected chi connectivity index (χ1v) is 5.78. The second kappa shape index (κ2) is 5.91. The summed E-state index contributed by atoms with van der Waals surface area (Å²) in [5.41, 5.74) is 1.09. The minimum atomic E-state index is -0.769. The lowest BCUT2D eigenvalue weighted by Crippen LogP contribution is -2.13. The number of carbonyl (C=O) groups excluding carboxylic acids is 1. The highest BCUT2D eigenvalue weighted by atomic mass is 16.7. The molecule has 0 aliphatic rings. The van der Waals surface area contributed by atoms with E-state index in [2.05, 4.69) is 0 Å². The first kappa shape index (κ1) is 13.0. The van der Waals surface area contributed by atoms with Crippen LogP contribution in [0.5, 0.6) is 17.2 Å². The van der Waals surface area contributed by atoms with Crippen LogP contribution in [-0.4, -0.2) is 13.3 Å². The van der Waals surface area contributed by atoms with Crippen LogP contribution < -0.4 is 14.2 Å². The Kier molecular flexibility index (Phi) is 4.03. The Balaban J connectivity index is 1.95. The van der Waals surface area contributed by atoms with E-state index in [0.29, 0.717) is 17.2 Å². The molecular weight excluding hydrogens is 244 g/mol. The largest absolute Gasteiger partial charge is 0.519 e. The minimum absolute atomic E-state index is 0.401. The average molecular weight is 258 g/mol. The van der Waals surface area contributed by atoms with Gasteiger partial charge in [0, 0.05) is 0 Å². The number of methoxy groups -OCH3 is 1. The summed E-state index contributed by atoms with van der Waals surface area (Å²) in [5.74, 6) is 1.54. The Hall–Kier alpha value is -2.49. The van der Waals surface area contributed by atoms with Crippen molar-refractivity contribution in [3.05, 3.63) is 54.1 Å². The Labute approximate surface area is 111 Å². The second-order valence-corrected chi connectivity index (χ2v) is 3.94. The zero-order valence-electron chi connectivity index (χ0n) is 10.8. The van der Waals surface area contributed by atoms with E-state index >= 15 is 0 Å². The number of aryl methyl sites for hydroxylation is 1. The van der Waals surface area contributed by atoms with Crippen molar-refractivity contribution >= 4 is 6.16 Å². The number of ether oxygens (including phenoxy) is 3. The molecule has 0 aliphatic carbocycles. The number of hydrogen-bond donors (Lipinski definition) is 0. The molecule has 98 valence electrons. The van der Waals surface area contributed by atoms with Crippen LogP contribution in [0, 0.1) is 6.92 Å². The van der Waals surface area contributed by atoms with Crippen molar-refractivity contribution in [1.82, 2.24) is 0 Å². The molecule has 0 aliphatic heterocycles. The molecule has 4 heteroatoms. The third-order valence-electron chi connectivity index (χ3n) is 2.48. The topological polar surface area (TPSA) is 44.8 Å². The van der Waals surface area contributed by atoms with E-state index in [0.717, 1.165) is 5.56 Å². The van der Waals surface area contributed by atoms with E-state index < -0.39 is 6.16 Å². The lowest BCUT2D eigenvalue weighted by atomic mass is 10.2. The van der Waals surface area contributed by atoms with Crippen molar-refractivity contribution < 1.29 is 19.0 Å². The third kappa shape index (κ3) is 3.74. The zero-order chi connectivity index (χ0) is 13.7. The Bertz CT molecular complexity index is 543. The summed E-state index contributed by atoms with van der Waals surface area (Å²) in [6, 6.07) is 13.8. The Morgan fingerprint density at radius 1 is 0.789 bits per heavy atom. The maximum Gasteiger partial charge on any atom is 0.519 e. The van der Waals surface area contributed by atoms with Crippen LogP contribution in [0.15, 0.2) is 48.5 Å². The highest BCUT2D eigenvalue weighted by Gasteiger charge is 2.07. The molecule has 0 atom stereocenters. The molecule has 0 aromatic heterocycles. The van der Waals surface area contributed by atoms with Gasteiger partial charge in [-0.15, -0.1) is 0 Å². The first-order chi connectivity index (χ1) is 9.17. The summed E-state index contributed by atoms with van der Waals surface area (Å²) in [5, 5.41) is 0. The highest BCUT2D eigenvalue weighted by molar-refractivity contribution is 5.67. The van der Waals surface area contributed by atoms with E-state index in [1.807, 2.05) is 19.1 Å². The predicted octanol–water partition coefficient (Wildman–Crippen LogP) is 3.58. The molecule has 0 saturated carbocycles. The van der Waals surface area contributed by atoms with E-state index in [4.69, 9.17) is 14.2 Å². The summed E-state index contributed by atoms with van der Waals surface area (Å²) in [6.07, 6.45) is -0.769. The van der Waals surface area contributed by atoms with Gasteiger partial charge in [-0.1, -0.05) is 17.7 Å². The van der Waals surface area contributed by atoms with Gasteiger partial charge in [0.15, 0.2) is 0 Å². The molecule has 0 heterocycles. The maximum atomic E-state index is 11.5. The normalized spacial score (nSPS) is 9.79. The average Bonchev–Trinajstić information content (AvgIpc) is 2.42. The summed E-state index contributed by atoms with van der Waals surface area (Å²) in [6.45, 7) is 1.96. The van der Waals surface area contributed by atoms with Crippen LogP contribution in [0.2, 0.25) is 0 Å². The van der Waals surface area contributed by atoms with Gasteiger partial charge in [0.1, 0.15) is 17.2 Å². The van der Waals surface area contributed by atoms with Crippen molar-refractivity contribution in [3.8, 4) is 17.2 Å². The third-order valence-corrected chi connectivity index (χ3v) is 2.48. The summed E-state index contributed by atoms with van der Waals surface area (Å²) in [7, 11) is 1.57. The molecule has 0 bridgehead atoms. The molecule has 0 amide bonds. The fourth-order valence-corrected chi connectivity index (χ4v) is 1.46. The SMILES string of the molecule is COc1ccc(OC(=O)Oc2ccc(C)cc2)cc1. The van der Waals surface area contributed by atoms with Gasteiger partial charge in [0.05, 0.1) is 7.11 Å². The molecule has 0 N–H and O–H groups in total. The molecule has 19 heavy (non-hydrogen) atoms. The van der Waals surface area contributed by atoms with Gasteiger partial charge in [-0.3, -0.25) is 0 Å². The molecule has 2 rings (SSSR count). The van der Waals surface area contributed by atoms with Gasteiger partial charge in [-0.2, -0.15) is 0 Å². The van der Waals surface area contributed by atoms with Gasteiger partial charge < -0.3 is 14.2 Å². The molecule has 2 aromatic rings. The molecule has 0 unspecified atom stereocenters. The Morgan fingerprint density at radius 2 is 1.21 bits per heavy atom. The van der Waals surface area contributed by atoms with E-state index in [9.17, 15) is 4.79 Å². The van der Waals surface area contributed by atoms with Gasteiger partial charge >= 0.3 is 6.16 Å². The summed E-state index contributed by atoms with van der Waals surface area (Å²) in [4.78, 5) is 11.5. The highest BCUT2D eigenvalue weighted by Crippen LogP contribution is 2.18. The van der Waals surface area contributed by atoms with Crippen LogP contribution >= 0.6 is 0 Å². The van der Waals surface area contributed by atoms with E-state index in [1.165, 1.54) is 0 Å². The van der Waals surface area contributed by atoms with Crippen molar-refractivity contribution in [3.63, 3.8) is 0 Å². The van der Waals surface area contributed by atoms with Crippen molar-refractivity contribution in [1.29, 1.82) is 0 Å². The van der Waals surface area contributed by atoms with E-state index in [1.54, 1.807) is 43.5 Å². The van der Waals surface area contributed by atoms with Crippen LogP contribution in [0.3, 0.4) is 0 Å². The molecule has 0 radical (unpaired) electrons. The fraction of sp³-hybridized carbons (Fsp3) is 0.133. The van der Waals surface area contributed by atoms with Gasteiger partial charge in [-0.25, -0.2) is 4.79 Å². The van der Waals surface area contributed by atoms with Crippen molar-refractivity contribution in [2.24, 2.45) is 0 Å². The quantitative estimate of drug-likeness (QED) is 0.623. The summed E-state index contributed by atoms with van der Waals surface area (Å²) < 4.78 is 15.1. The van der Waals surface area contributed by atoms with Crippen molar-refractivity contribution in [2.45, 2.75) is 6.92 Å². The minimum Gasteiger partial charge on any atom is -0.497 e. The van der Waals surface area contributed by atoms with Crippen LogP contribution in [0.4, 0.5) is 4.79 Å². The molecule has 0 saturated heterocycles. The fourth-order valence-electron chi connectivity index (χ4n) is 1.46. The van der Waals surface area contributed by atoms with Crippen molar-refractivity contribution in [2.75, 3.05) is 7.11 Å². The maximum absolute atomic E-state index is 11.5. The molecule has 2 aromatic carbocycles. The number of benzene rings is 2. The van der Waals surface area contributed by atoms with Crippen LogP contribution in [-0.2, 0) is 0 Å². The molecular formula is C15H14O4. The standard InChI is InChI=1S/C15H14O4/c1-11-3-5-13(6-4-11)18-15(16)19-14-9-7-12(17-2)8-10-14/h3-10H,1-2H3. The lowest BCUT2D eigenvalue weighted by Gasteiger charge is -2.06. The van der Waals surface area contributed by atoms with Gasteiger partial charge in [0.2, 0.25) is 0 Å². The lowest BCUT2D eigenvalue weighted by molar-refractivity contribution is 0.152. The number of hydrogen-bond acceptors (Lipinski definition) is 4. The molecule has 0 fully saturated rings. The van der Waals surface area contributed by atoms with Gasteiger partial charge in [-0.05, 0) is 43.3 Å². The number of carbonyl (C=O) groups is 1. The zero-order valence-corrected chi connectivity index (χ0v) is 10.8. The predicted molar refractivity (Wildman–Crippen MR) is 70.8 cm³/mol. The summed E-state index contributed by atoms with van der Waals surface area (Å²) >= 11 is 0. The molecule has 4 nitrogen and oxygen atoms in total. The number of rotatable bonds is 3. The molecule has 0 spiro atoms. The van der Waals surface area contributed by atoms with E-state index in [-0.39, 0.29) is 0 Å². The van der Waals surface area contributed by atoms with Gasteiger partial charge in [0.25, 0.3) is 0 Å². The monoisotopic (exact) mass is 258 g/mol.